The number of aryl methyl sites for hydroxylation is 2. The fraction of sp³-hybridized carbons (Fsp3) is 0.706. The monoisotopic (exact) mass is 654 g/mol. The van der Waals surface area contributed by atoms with Crippen LogP contribution in [0, 0.1) is 0 Å². The van der Waals surface area contributed by atoms with E-state index in [1.54, 1.807) is 0 Å². The Hall–Kier alpha value is -0.740. The lowest BCUT2D eigenvalue weighted by Crippen LogP contribution is -3.00. The van der Waals surface area contributed by atoms with Gasteiger partial charge in [-0.1, -0.05) is 129 Å². The van der Waals surface area contributed by atoms with Crippen molar-refractivity contribution in [2.75, 3.05) is 0 Å². The first-order valence-corrected chi connectivity index (χ1v) is 15.7. The number of hydrogen-bond acceptors (Lipinski definition) is 0. The molecule has 0 bridgehead atoms. The van der Waals surface area contributed by atoms with E-state index in [-0.39, 0.29) is 34.0 Å². The summed E-state index contributed by atoms with van der Waals surface area (Å²) in [6.45, 7) is 6.92. The Morgan fingerprint density at radius 1 is 0.316 bits per heavy atom. The molecule has 220 valence electrons. The van der Waals surface area contributed by atoms with Crippen LogP contribution in [0.3, 0.4) is 0 Å². The Balaban J connectivity index is 0. The Morgan fingerprint density at radius 2 is 0.553 bits per heavy atom. The quantitative estimate of drug-likeness (QED) is 0.135. The van der Waals surface area contributed by atoms with Gasteiger partial charge in [-0.3, -0.25) is 0 Å². The van der Waals surface area contributed by atoms with Crippen LogP contribution in [-0.2, 0) is 13.1 Å². The van der Waals surface area contributed by atoms with Crippen LogP contribution in [0.2, 0.25) is 0 Å². The van der Waals surface area contributed by atoms with Crippen molar-refractivity contribution < 1.29 is 43.1 Å². The lowest BCUT2D eigenvalue weighted by atomic mass is 10.1. The normalized spacial score (nSPS) is 10.2. The van der Waals surface area contributed by atoms with E-state index in [1.165, 1.54) is 142 Å². The third-order valence-electron chi connectivity index (χ3n) is 7.09. The summed E-state index contributed by atoms with van der Waals surface area (Å²) in [5.74, 6) is 0. The third-order valence-corrected chi connectivity index (χ3v) is 7.09. The summed E-state index contributed by atoms with van der Waals surface area (Å²) in [4.78, 5) is 0. The minimum atomic E-state index is 0. The van der Waals surface area contributed by atoms with Crippen LogP contribution in [0.1, 0.15) is 142 Å². The smallest absolute Gasteiger partial charge is 0.168 e. The highest BCUT2D eigenvalue weighted by molar-refractivity contribution is 4.84. The molecule has 38 heavy (non-hydrogen) atoms. The molecule has 0 radical (unpaired) electrons. The van der Waals surface area contributed by atoms with Crippen LogP contribution in [0.5, 0.6) is 0 Å². The SMILES string of the molecule is CCCCCCCCCCCC[n+]1ccccc1.CCCCCCCCCCCC[n+]1ccccc1.[Br-].[Br-]. The maximum atomic E-state index is 2.28. The minimum absolute atomic E-state index is 0. The molecule has 0 saturated heterocycles. The lowest BCUT2D eigenvalue weighted by molar-refractivity contribution is -0.697. The van der Waals surface area contributed by atoms with E-state index in [0.717, 1.165) is 0 Å². The number of hydrogen-bond donors (Lipinski definition) is 0. The van der Waals surface area contributed by atoms with E-state index < -0.39 is 0 Å². The van der Waals surface area contributed by atoms with Crippen molar-refractivity contribution >= 4 is 0 Å². The molecule has 0 amide bonds. The number of halogens is 2. The van der Waals surface area contributed by atoms with Gasteiger partial charge in [0.05, 0.1) is 0 Å². The lowest BCUT2D eigenvalue weighted by Gasteiger charge is -2.01. The average Bonchev–Trinajstić information content (AvgIpc) is 2.92. The Bertz CT molecular complexity index is 607. The molecule has 0 N–H and O–H groups in total. The van der Waals surface area contributed by atoms with Gasteiger partial charge < -0.3 is 34.0 Å². The Morgan fingerprint density at radius 3 is 0.816 bits per heavy atom. The summed E-state index contributed by atoms with van der Waals surface area (Å²) in [7, 11) is 0. The van der Waals surface area contributed by atoms with Gasteiger partial charge in [0, 0.05) is 37.1 Å². The minimum Gasteiger partial charge on any atom is -1.00 e. The molecule has 2 nitrogen and oxygen atoms in total. The van der Waals surface area contributed by atoms with Crippen LogP contribution in [-0.4, -0.2) is 0 Å². The first kappa shape index (κ1) is 39.4. The zero-order chi connectivity index (χ0) is 25.8. The zero-order valence-corrected chi connectivity index (χ0v) is 28.2. The molecule has 2 rings (SSSR count). The highest BCUT2D eigenvalue weighted by Crippen LogP contribution is 2.11. The van der Waals surface area contributed by atoms with Gasteiger partial charge in [-0.15, -0.1) is 0 Å². The van der Waals surface area contributed by atoms with Crippen molar-refractivity contribution in [2.24, 2.45) is 0 Å². The topological polar surface area (TPSA) is 7.76 Å². The molecule has 0 aromatic carbocycles. The number of aromatic nitrogens is 2. The Labute approximate surface area is 258 Å². The van der Waals surface area contributed by atoms with E-state index >= 15 is 0 Å². The molecule has 0 fully saturated rings. The predicted octanol–water partition coefficient (Wildman–Crippen LogP) is 3.80. The summed E-state index contributed by atoms with van der Waals surface area (Å²) >= 11 is 0. The molecule has 0 saturated carbocycles. The van der Waals surface area contributed by atoms with Gasteiger partial charge in [-0.25, -0.2) is 9.13 Å². The summed E-state index contributed by atoms with van der Waals surface area (Å²) < 4.78 is 4.56. The maximum Gasteiger partial charge on any atom is 0.168 e. The van der Waals surface area contributed by atoms with Crippen molar-refractivity contribution in [1.82, 2.24) is 0 Å². The Kier molecular flexibility index (Phi) is 33.7. The number of rotatable bonds is 22. The zero-order valence-electron chi connectivity index (χ0n) is 25.0. The van der Waals surface area contributed by atoms with Crippen molar-refractivity contribution in [3.05, 3.63) is 61.2 Å². The molecular weight excluding hydrogens is 596 g/mol. The van der Waals surface area contributed by atoms with Gasteiger partial charge in [0.2, 0.25) is 0 Å². The summed E-state index contributed by atoms with van der Waals surface area (Å²) in [5, 5.41) is 0. The van der Waals surface area contributed by atoms with Crippen molar-refractivity contribution in [1.29, 1.82) is 0 Å². The molecule has 0 aliphatic heterocycles. The van der Waals surface area contributed by atoms with Crippen LogP contribution in [0.15, 0.2) is 61.2 Å². The fourth-order valence-electron chi connectivity index (χ4n) is 4.73. The number of pyridine rings is 2. The molecule has 0 atom stereocenters. The molecule has 2 aromatic heterocycles. The first-order chi connectivity index (χ1) is 17.9. The van der Waals surface area contributed by atoms with E-state index in [0.29, 0.717) is 0 Å². The second-order valence-corrected chi connectivity index (χ2v) is 10.6. The summed E-state index contributed by atoms with van der Waals surface area (Å²) in [6.07, 6.45) is 36.9. The predicted molar refractivity (Wildman–Crippen MR) is 157 cm³/mol. The van der Waals surface area contributed by atoms with Gasteiger partial charge in [-0.05, 0) is 12.8 Å². The average molecular weight is 657 g/mol. The maximum absolute atomic E-state index is 2.28. The van der Waals surface area contributed by atoms with Gasteiger partial charge in [0.15, 0.2) is 24.8 Å². The highest BCUT2D eigenvalue weighted by atomic mass is 79.9. The van der Waals surface area contributed by atoms with Crippen molar-refractivity contribution in [2.45, 2.75) is 155 Å². The molecule has 0 unspecified atom stereocenters. The van der Waals surface area contributed by atoms with Gasteiger partial charge >= 0.3 is 0 Å². The van der Waals surface area contributed by atoms with Gasteiger partial charge in [0.1, 0.15) is 13.1 Å². The molecule has 2 aromatic rings. The van der Waals surface area contributed by atoms with Crippen molar-refractivity contribution in [3.63, 3.8) is 0 Å². The van der Waals surface area contributed by atoms with E-state index in [9.17, 15) is 0 Å². The second-order valence-electron chi connectivity index (χ2n) is 10.6. The second kappa shape index (κ2) is 32.5. The summed E-state index contributed by atoms with van der Waals surface area (Å²) in [5.41, 5.74) is 0. The molecule has 0 spiro atoms. The molecule has 0 aliphatic carbocycles. The van der Waals surface area contributed by atoms with Crippen LogP contribution in [0.25, 0.3) is 0 Å². The standard InChI is InChI=1S/2C17H30N.2BrH/c2*1-2-3-4-5-6-7-8-9-10-12-15-18-16-13-11-14-17-18;;/h2*11,13-14,16-17H,2-10,12,15H2,1H3;2*1H/q2*+1;;/p-2. The van der Waals surface area contributed by atoms with E-state index in [2.05, 4.69) is 84.2 Å². The largest absolute Gasteiger partial charge is 1.00 e. The molecule has 0 aliphatic rings. The molecule has 4 heteroatoms. The highest BCUT2D eigenvalue weighted by Gasteiger charge is 1.99. The fourth-order valence-corrected chi connectivity index (χ4v) is 4.73. The molecule has 2 heterocycles. The van der Waals surface area contributed by atoms with E-state index in [4.69, 9.17) is 0 Å². The van der Waals surface area contributed by atoms with Gasteiger partial charge in [-0.2, -0.15) is 0 Å². The van der Waals surface area contributed by atoms with E-state index in [1.807, 2.05) is 0 Å². The first-order valence-electron chi connectivity index (χ1n) is 15.7. The number of unbranched alkanes of at least 4 members (excludes halogenated alkanes) is 18. The molecular formula is C34H60Br2N2. The van der Waals surface area contributed by atoms with Crippen LogP contribution < -0.4 is 43.1 Å². The van der Waals surface area contributed by atoms with Crippen LogP contribution >= 0.6 is 0 Å². The van der Waals surface area contributed by atoms with Crippen LogP contribution in [0.4, 0.5) is 0 Å². The van der Waals surface area contributed by atoms with Crippen molar-refractivity contribution in [3.8, 4) is 0 Å². The third kappa shape index (κ3) is 26.9. The number of nitrogens with zero attached hydrogens (tertiary/aromatic N) is 2. The summed E-state index contributed by atoms with van der Waals surface area (Å²) in [6, 6.07) is 12.6. The van der Waals surface area contributed by atoms with Gasteiger partial charge in [0.25, 0.3) is 0 Å².